The summed E-state index contributed by atoms with van der Waals surface area (Å²) in [4.78, 5) is 4.55. The molecule has 1 aromatic carbocycles. The Bertz CT molecular complexity index is 594. The summed E-state index contributed by atoms with van der Waals surface area (Å²) in [6.07, 6.45) is 0.815. The summed E-state index contributed by atoms with van der Waals surface area (Å²) in [6, 6.07) is 6.07. The standard InChI is InChI=1S/C15H20N2O2/c1-9(16)5-11-6-10(2)17-13-8-15(19-4)14(18-3)7-12(11)13/h6-9H,5,16H2,1-4H3. The van der Waals surface area contributed by atoms with Gasteiger partial charge in [-0.3, -0.25) is 4.98 Å². The maximum absolute atomic E-state index is 5.92. The molecule has 0 saturated heterocycles. The van der Waals surface area contributed by atoms with Crippen LogP contribution in [0.1, 0.15) is 18.2 Å². The van der Waals surface area contributed by atoms with Crippen molar-refractivity contribution in [3.05, 3.63) is 29.5 Å². The third kappa shape index (κ3) is 2.79. The molecule has 0 amide bonds. The SMILES string of the molecule is COc1cc2nc(C)cc(CC(C)N)c2cc1OC. The van der Waals surface area contributed by atoms with Crippen molar-refractivity contribution in [1.29, 1.82) is 0 Å². The van der Waals surface area contributed by atoms with E-state index in [0.717, 1.165) is 23.0 Å². The molecule has 0 aliphatic rings. The summed E-state index contributed by atoms with van der Waals surface area (Å²) in [5, 5.41) is 1.07. The average molecular weight is 260 g/mol. The Morgan fingerprint density at radius 1 is 1.16 bits per heavy atom. The molecule has 1 unspecified atom stereocenters. The van der Waals surface area contributed by atoms with E-state index in [-0.39, 0.29) is 6.04 Å². The number of rotatable bonds is 4. The van der Waals surface area contributed by atoms with Gasteiger partial charge in [-0.25, -0.2) is 0 Å². The summed E-state index contributed by atoms with van der Waals surface area (Å²) >= 11 is 0. The molecule has 0 saturated carbocycles. The number of nitrogens with zero attached hydrogens (tertiary/aromatic N) is 1. The first-order valence-corrected chi connectivity index (χ1v) is 6.33. The van der Waals surface area contributed by atoms with E-state index >= 15 is 0 Å². The number of aryl methyl sites for hydroxylation is 1. The van der Waals surface area contributed by atoms with Gasteiger partial charge in [0, 0.05) is 23.2 Å². The molecule has 102 valence electrons. The van der Waals surface area contributed by atoms with Crippen LogP contribution < -0.4 is 15.2 Å². The second-order valence-corrected chi connectivity index (χ2v) is 4.83. The fourth-order valence-corrected chi connectivity index (χ4v) is 2.29. The van der Waals surface area contributed by atoms with Crippen LogP contribution in [-0.4, -0.2) is 25.2 Å². The van der Waals surface area contributed by atoms with Crippen LogP contribution >= 0.6 is 0 Å². The normalized spacial score (nSPS) is 12.5. The lowest BCUT2D eigenvalue weighted by atomic mass is 10.0. The fourth-order valence-electron chi connectivity index (χ4n) is 2.29. The topological polar surface area (TPSA) is 57.4 Å². The van der Waals surface area contributed by atoms with Crippen LogP contribution in [0.3, 0.4) is 0 Å². The number of pyridine rings is 1. The lowest BCUT2D eigenvalue weighted by Crippen LogP contribution is -2.18. The highest BCUT2D eigenvalue weighted by molar-refractivity contribution is 5.86. The van der Waals surface area contributed by atoms with Gasteiger partial charge in [-0.15, -0.1) is 0 Å². The van der Waals surface area contributed by atoms with E-state index in [1.807, 2.05) is 26.0 Å². The number of methoxy groups -OCH3 is 2. The Kier molecular flexibility index (Phi) is 3.90. The Labute approximate surface area is 113 Å². The molecule has 1 aromatic heterocycles. The van der Waals surface area contributed by atoms with Crippen molar-refractivity contribution in [2.75, 3.05) is 14.2 Å². The molecule has 4 heteroatoms. The first-order chi connectivity index (χ1) is 9.05. The highest BCUT2D eigenvalue weighted by Gasteiger charge is 2.11. The van der Waals surface area contributed by atoms with Crippen LogP contribution in [0.5, 0.6) is 11.5 Å². The van der Waals surface area contributed by atoms with Crippen molar-refractivity contribution in [1.82, 2.24) is 4.98 Å². The number of hydrogen-bond acceptors (Lipinski definition) is 4. The van der Waals surface area contributed by atoms with E-state index < -0.39 is 0 Å². The van der Waals surface area contributed by atoms with Gasteiger partial charge in [0.05, 0.1) is 19.7 Å². The van der Waals surface area contributed by atoms with E-state index in [1.54, 1.807) is 14.2 Å². The lowest BCUT2D eigenvalue weighted by Gasteiger charge is -2.13. The molecular weight excluding hydrogens is 240 g/mol. The maximum Gasteiger partial charge on any atom is 0.162 e. The van der Waals surface area contributed by atoms with Gasteiger partial charge in [0.25, 0.3) is 0 Å². The van der Waals surface area contributed by atoms with Crippen molar-refractivity contribution in [2.24, 2.45) is 5.73 Å². The van der Waals surface area contributed by atoms with Gasteiger partial charge in [-0.2, -0.15) is 0 Å². The summed E-state index contributed by atoms with van der Waals surface area (Å²) < 4.78 is 10.7. The Balaban J connectivity index is 2.68. The number of benzene rings is 1. The van der Waals surface area contributed by atoms with Gasteiger partial charge >= 0.3 is 0 Å². The lowest BCUT2D eigenvalue weighted by molar-refractivity contribution is 0.355. The molecule has 1 atom stereocenters. The Morgan fingerprint density at radius 3 is 2.37 bits per heavy atom. The zero-order valence-corrected chi connectivity index (χ0v) is 11.9. The average Bonchev–Trinajstić information content (AvgIpc) is 2.36. The molecule has 2 aromatic rings. The van der Waals surface area contributed by atoms with Crippen molar-refractivity contribution in [3.63, 3.8) is 0 Å². The molecule has 0 spiro atoms. The zero-order valence-electron chi connectivity index (χ0n) is 11.9. The van der Waals surface area contributed by atoms with Crippen LogP contribution in [0, 0.1) is 6.92 Å². The summed E-state index contributed by atoms with van der Waals surface area (Å²) in [5.41, 5.74) is 9.00. The Morgan fingerprint density at radius 2 is 1.79 bits per heavy atom. The van der Waals surface area contributed by atoms with E-state index in [4.69, 9.17) is 15.2 Å². The third-order valence-electron chi connectivity index (χ3n) is 3.07. The van der Waals surface area contributed by atoms with Gasteiger partial charge in [0.15, 0.2) is 11.5 Å². The number of aromatic nitrogens is 1. The van der Waals surface area contributed by atoms with Gasteiger partial charge in [-0.1, -0.05) is 0 Å². The predicted octanol–water partition coefficient (Wildman–Crippen LogP) is 2.45. The second-order valence-electron chi connectivity index (χ2n) is 4.83. The van der Waals surface area contributed by atoms with E-state index in [2.05, 4.69) is 11.1 Å². The largest absolute Gasteiger partial charge is 0.493 e. The van der Waals surface area contributed by atoms with E-state index in [9.17, 15) is 0 Å². The van der Waals surface area contributed by atoms with Crippen molar-refractivity contribution >= 4 is 10.9 Å². The molecule has 2 rings (SSSR count). The minimum Gasteiger partial charge on any atom is -0.493 e. The molecule has 0 bridgehead atoms. The van der Waals surface area contributed by atoms with Gasteiger partial charge in [0.1, 0.15) is 0 Å². The molecule has 2 N–H and O–H groups in total. The van der Waals surface area contributed by atoms with E-state index in [0.29, 0.717) is 11.5 Å². The minimum atomic E-state index is 0.109. The molecule has 0 radical (unpaired) electrons. The van der Waals surface area contributed by atoms with Crippen LogP contribution in [0.25, 0.3) is 10.9 Å². The van der Waals surface area contributed by atoms with E-state index in [1.165, 1.54) is 5.56 Å². The summed E-state index contributed by atoms with van der Waals surface area (Å²) in [5.74, 6) is 1.41. The molecular formula is C15H20N2O2. The first-order valence-electron chi connectivity index (χ1n) is 6.33. The molecule has 4 nitrogen and oxygen atoms in total. The van der Waals surface area contributed by atoms with Crippen LogP contribution in [0.4, 0.5) is 0 Å². The number of ether oxygens (including phenoxy) is 2. The molecule has 0 fully saturated rings. The highest BCUT2D eigenvalue weighted by atomic mass is 16.5. The van der Waals surface area contributed by atoms with Gasteiger partial charge in [-0.05, 0) is 38.0 Å². The number of nitrogens with two attached hydrogens (primary N) is 1. The van der Waals surface area contributed by atoms with Crippen molar-refractivity contribution in [2.45, 2.75) is 26.3 Å². The monoisotopic (exact) mass is 260 g/mol. The van der Waals surface area contributed by atoms with Crippen molar-refractivity contribution < 1.29 is 9.47 Å². The quantitative estimate of drug-likeness (QED) is 0.917. The van der Waals surface area contributed by atoms with Crippen LogP contribution in [0.2, 0.25) is 0 Å². The number of fused-ring (bicyclic) bond motifs is 1. The maximum atomic E-state index is 5.92. The Hall–Kier alpha value is -1.81. The third-order valence-corrected chi connectivity index (χ3v) is 3.07. The summed E-state index contributed by atoms with van der Waals surface area (Å²) in [7, 11) is 3.26. The molecule has 19 heavy (non-hydrogen) atoms. The zero-order chi connectivity index (χ0) is 14.0. The summed E-state index contributed by atoms with van der Waals surface area (Å²) in [6.45, 7) is 3.99. The van der Waals surface area contributed by atoms with Gasteiger partial charge in [0.2, 0.25) is 0 Å². The first kappa shape index (κ1) is 13.6. The second kappa shape index (κ2) is 5.45. The molecule has 0 aliphatic carbocycles. The van der Waals surface area contributed by atoms with Crippen LogP contribution in [-0.2, 0) is 6.42 Å². The molecule has 0 aliphatic heterocycles. The highest BCUT2D eigenvalue weighted by Crippen LogP contribution is 2.33. The van der Waals surface area contributed by atoms with Gasteiger partial charge < -0.3 is 15.2 Å². The number of hydrogen-bond donors (Lipinski definition) is 1. The van der Waals surface area contributed by atoms with Crippen LogP contribution in [0.15, 0.2) is 18.2 Å². The fraction of sp³-hybridized carbons (Fsp3) is 0.400. The predicted molar refractivity (Wildman–Crippen MR) is 76.9 cm³/mol. The van der Waals surface area contributed by atoms with Crippen molar-refractivity contribution in [3.8, 4) is 11.5 Å². The minimum absolute atomic E-state index is 0.109. The molecule has 1 heterocycles. The smallest absolute Gasteiger partial charge is 0.162 e.